The molecule has 9 heteroatoms. The molecule has 0 amide bonds. The molecule has 1 aromatic carbocycles. The highest BCUT2D eigenvalue weighted by Crippen LogP contribution is 2.40. The zero-order valence-corrected chi connectivity index (χ0v) is 19.3. The summed E-state index contributed by atoms with van der Waals surface area (Å²) in [6.07, 6.45) is 0.926. The lowest BCUT2D eigenvalue weighted by molar-refractivity contribution is -1.02. The summed E-state index contributed by atoms with van der Waals surface area (Å²) in [5.41, 5.74) is 0.872. The first kappa shape index (κ1) is 22.3. The second-order valence-electron chi connectivity index (χ2n) is 8.62. The Labute approximate surface area is 178 Å². The number of nitrogens with one attached hydrogen (secondary N) is 2. The zero-order valence-electron chi connectivity index (χ0n) is 19.3. The summed E-state index contributed by atoms with van der Waals surface area (Å²) in [4.78, 5) is 2.99. The molecule has 1 aliphatic rings. The number of likely N-dealkylation sites (N-methyl/N-ethyl adjacent to an activating group) is 1. The molecule has 1 aliphatic heterocycles. The van der Waals surface area contributed by atoms with Crippen molar-refractivity contribution in [3.63, 3.8) is 0 Å². The van der Waals surface area contributed by atoms with Crippen LogP contribution in [-0.4, -0.2) is 74.8 Å². The van der Waals surface area contributed by atoms with Crippen LogP contribution in [0.4, 0.5) is 0 Å². The van der Waals surface area contributed by atoms with E-state index in [9.17, 15) is 0 Å². The third kappa shape index (κ3) is 4.22. The van der Waals surface area contributed by atoms with Crippen LogP contribution in [0, 0.1) is 0 Å². The molecule has 1 atom stereocenters. The standard InChI is InChI=1S/C21H34N6O3/c1-8-21(2,3)27-20(22-23-24-27)18(26-11-9-25(4)10-12-26)15-13-16(28-5)19(30-7)17(14-15)29-6/h13-14,18H,8-12H2,1-7H3/p+2/t18-/m0/s1. The second-order valence-corrected chi connectivity index (χ2v) is 8.62. The average molecular weight is 421 g/mol. The number of quaternary nitrogens is 2. The minimum absolute atomic E-state index is 0.0346. The van der Waals surface area contributed by atoms with Gasteiger partial charge in [0.05, 0.1) is 33.9 Å². The van der Waals surface area contributed by atoms with Crippen LogP contribution < -0.4 is 24.0 Å². The second kappa shape index (κ2) is 9.18. The highest BCUT2D eigenvalue weighted by atomic mass is 16.5. The number of tetrazole rings is 1. The Morgan fingerprint density at radius 3 is 2.13 bits per heavy atom. The van der Waals surface area contributed by atoms with Crippen LogP contribution in [0.15, 0.2) is 12.1 Å². The minimum Gasteiger partial charge on any atom is -0.493 e. The van der Waals surface area contributed by atoms with Crippen LogP contribution in [-0.2, 0) is 5.54 Å². The van der Waals surface area contributed by atoms with Crippen LogP contribution in [0.1, 0.15) is 44.6 Å². The normalized spacial score (nSPS) is 20.6. The van der Waals surface area contributed by atoms with Gasteiger partial charge in [-0.25, -0.2) is 4.68 Å². The lowest BCUT2D eigenvalue weighted by Gasteiger charge is -2.34. The average Bonchev–Trinajstić information content (AvgIpc) is 3.24. The molecular weight excluding hydrogens is 384 g/mol. The monoisotopic (exact) mass is 420 g/mol. The quantitative estimate of drug-likeness (QED) is 0.591. The number of ether oxygens (including phenoxy) is 3. The van der Waals surface area contributed by atoms with E-state index in [4.69, 9.17) is 14.2 Å². The lowest BCUT2D eigenvalue weighted by Crippen LogP contribution is -3.27. The van der Waals surface area contributed by atoms with Gasteiger partial charge in [0.2, 0.25) is 11.6 Å². The summed E-state index contributed by atoms with van der Waals surface area (Å²) in [6, 6.07) is 4.03. The predicted octanol–water partition coefficient (Wildman–Crippen LogP) is -0.653. The number of nitrogens with zero attached hydrogens (tertiary/aromatic N) is 4. The van der Waals surface area contributed by atoms with Crippen molar-refractivity contribution < 1.29 is 24.0 Å². The topological polar surface area (TPSA) is 80.2 Å². The molecule has 0 spiro atoms. The smallest absolute Gasteiger partial charge is 0.214 e. The van der Waals surface area contributed by atoms with Crippen molar-refractivity contribution >= 4 is 0 Å². The number of rotatable bonds is 8. The van der Waals surface area contributed by atoms with Gasteiger partial charge in [-0.3, -0.25) is 0 Å². The molecule has 2 heterocycles. The fraction of sp³-hybridized carbons (Fsp3) is 0.667. The first-order chi connectivity index (χ1) is 14.4. The van der Waals surface area contributed by atoms with Crippen LogP contribution in [0.3, 0.4) is 0 Å². The minimum atomic E-state index is -0.186. The molecule has 0 bridgehead atoms. The van der Waals surface area contributed by atoms with Gasteiger partial charge in [-0.15, -0.1) is 5.10 Å². The van der Waals surface area contributed by atoms with E-state index in [0.717, 1.165) is 44.0 Å². The summed E-state index contributed by atoms with van der Waals surface area (Å²) >= 11 is 0. The van der Waals surface area contributed by atoms with Gasteiger partial charge >= 0.3 is 0 Å². The molecule has 3 rings (SSSR count). The molecule has 1 fully saturated rings. The fourth-order valence-electron chi connectivity index (χ4n) is 4.08. The molecule has 0 radical (unpaired) electrons. The number of hydrogen-bond donors (Lipinski definition) is 2. The first-order valence-electron chi connectivity index (χ1n) is 10.6. The summed E-state index contributed by atoms with van der Waals surface area (Å²) < 4.78 is 18.8. The molecule has 2 N–H and O–H groups in total. The van der Waals surface area contributed by atoms with Crippen molar-refractivity contribution in [3.8, 4) is 17.2 Å². The largest absolute Gasteiger partial charge is 0.493 e. The van der Waals surface area contributed by atoms with E-state index >= 15 is 0 Å². The van der Waals surface area contributed by atoms with E-state index < -0.39 is 0 Å². The van der Waals surface area contributed by atoms with E-state index in [1.165, 1.54) is 4.90 Å². The van der Waals surface area contributed by atoms with Gasteiger partial charge < -0.3 is 24.0 Å². The Hall–Kier alpha value is -2.39. The molecule has 30 heavy (non-hydrogen) atoms. The van der Waals surface area contributed by atoms with E-state index in [1.54, 1.807) is 26.2 Å². The molecular formula is C21H36N6O3+2. The molecule has 2 aromatic rings. The van der Waals surface area contributed by atoms with Gasteiger partial charge in [-0.2, -0.15) is 0 Å². The van der Waals surface area contributed by atoms with Crippen LogP contribution in [0.5, 0.6) is 17.2 Å². The zero-order chi connectivity index (χ0) is 21.9. The Morgan fingerprint density at radius 1 is 1.03 bits per heavy atom. The van der Waals surface area contributed by atoms with E-state index in [0.29, 0.717) is 17.2 Å². The SMILES string of the molecule is CCC(C)(C)n1nnnc1[C@H](c1cc(OC)c(OC)c(OC)c1)[NH+]1CC[NH+](C)CC1. The van der Waals surface area contributed by atoms with E-state index in [1.807, 2.05) is 16.8 Å². The van der Waals surface area contributed by atoms with Gasteiger partial charge in [-0.1, -0.05) is 6.92 Å². The Bertz CT molecular complexity index is 820. The highest BCUT2D eigenvalue weighted by Gasteiger charge is 2.38. The molecule has 0 saturated carbocycles. The van der Waals surface area contributed by atoms with Crippen LogP contribution in [0.25, 0.3) is 0 Å². The number of hydrogen-bond acceptors (Lipinski definition) is 6. The first-order valence-corrected chi connectivity index (χ1v) is 10.6. The summed E-state index contributed by atoms with van der Waals surface area (Å²) in [5.74, 6) is 2.74. The number of aromatic nitrogens is 4. The maximum atomic E-state index is 5.63. The number of piperazine rings is 1. The highest BCUT2D eigenvalue weighted by molar-refractivity contribution is 5.54. The van der Waals surface area contributed by atoms with Gasteiger partial charge in [0, 0.05) is 5.56 Å². The molecule has 166 valence electrons. The van der Waals surface area contributed by atoms with Gasteiger partial charge in [0.1, 0.15) is 26.2 Å². The van der Waals surface area contributed by atoms with Gasteiger partial charge in [-0.05, 0) is 42.8 Å². The van der Waals surface area contributed by atoms with Gasteiger partial charge in [0.15, 0.2) is 17.5 Å². The van der Waals surface area contributed by atoms with Crippen molar-refractivity contribution in [2.75, 3.05) is 54.6 Å². The summed E-state index contributed by atoms with van der Waals surface area (Å²) in [7, 11) is 7.16. The Kier molecular flexibility index (Phi) is 6.82. The number of methoxy groups -OCH3 is 3. The van der Waals surface area contributed by atoms with E-state index in [-0.39, 0.29) is 11.6 Å². The third-order valence-electron chi connectivity index (χ3n) is 6.36. The van der Waals surface area contributed by atoms with Crippen molar-refractivity contribution in [1.82, 2.24) is 20.2 Å². The Balaban J connectivity index is 2.16. The molecule has 0 aliphatic carbocycles. The Morgan fingerprint density at radius 2 is 1.63 bits per heavy atom. The third-order valence-corrected chi connectivity index (χ3v) is 6.36. The van der Waals surface area contributed by atoms with Crippen molar-refractivity contribution in [2.24, 2.45) is 0 Å². The summed E-state index contributed by atoms with van der Waals surface area (Å²) in [5, 5.41) is 13.0. The van der Waals surface area contributed by atoms with Gasteiger partial charge in [0.25, 0.3) is 0 Å². The number of benzene rings is 1. The van der Waals surface area contributed by atoms with Crippen LogP contribution in [0.2, 0.25) is 0 Å². The predicted molar refractivity (Wildman–Crippen MR) is 113 cm³/mol. The molecule has 0 unspecified atom stereocenters. The van der Waals surface area contributed by atoms with Crippen LogP contribution >= 0.6 is 0 Å². The van der Waals surface area contributed by atoms with Crippen molar-refractivity contribution in [2.45, 2.75) is 38.8 Å². The van der Waals surface area contributed by atoms with E-state index in [2.05, 4.69) is 43.3 Å². The fourth-order valence-corrected chi connectivity index (χ4v) is 4.08. The molecule has 9 nitrogen and oxygen atoms in total. The maximum absolute atomic E-state index is 5.63. The maximum Gasteiger partial charge on any atom is 0.214 e. The lowest BCUT2D eigenvalue weighted by atomic mass is 9.98. The molecule has 1 aromatic heterocycles. The summed E-state index contributed by atoms with van der Waals surface area (Å²) in [6.45, 7) is 10.8. The van der Waals surface area contributed by atoms with Crippen molar-refractivity contribution in [3.05, 3.63) is 23.5 Å². The molecule has 1 saturated heterocycles. The van der Waals surface area contributed by atoms with Crippen molar-refractivity contribution in [1.29, 1.82) is 0 Å².